The van der Waals surface area contributed by atoms with Crippen LogP contribution >= 0.6 is 0 Å². The number of aromatic amines is 1. The molecule has 1 aromatic rings. The molecule has 1 heterocycles. The molecule has 3 N–H and O–H groups in total. The lowest BCUT2D eigenvalue weighted by Gasteiger charge is -2.24. The van der Waals surface area contributed by atoms with E-state index in [9.17, 15) is 0 Å². The minimum atomic E-state index is -0.0258. The second-order valence-corrected chi connectivity index (χ2v) is 4.90. The molecule has 0 saturated heterocycles. The first kappa shape index (κ1) is 9.71. The number of imidazole rings is 1. The van der Waals surface area contributed by atoms with Crippen LogP contribution in [-0.4, -0.2) is 16.5 Å². The normalized spacial score (nSPS) is 18.2. The van der Waals surface area contributed by atoms with Gasteiger partial charge in [0.1, 0.15) is 5.82 Å². The second kappa shape index (κ2) is 3.39. The van der Waals surface area contributed by atoms with Crippen molar-refractivity contribution in [1.29, 1.82) is 0 Å². The Morgan fingerprint density at radius 2 is 2.29 bits per heavy atom. The first-order chi connectivity index (χ1) is 6.63. The van der Waals surface area contributed by atoms with Gasteiger partial charge in [-0.25, -0.2) is 4.98 Å². The molecule has 3 nitrogen and oxygen atoms in total. The van der Waals surface area contributed by atoms with Crippen LogP contribution < -0.4 is 5.73 Å². The number of rotatable bonds is 3. The molecule has 1 saturated carbocycles. The zero-order valence-corrected chi connectivity index (χ0v) is 9.01. The number of hydrogen-bond acceptors (Lipinski definition) is 2. The fraction of sp³-hybridized carbons (Fsp3) is 0.727. The van der Waals surface area contributed by atoms with Gasteiger partial charge in [-0.3, -0.25) is 0 Å². The van der Waals surface area contributed by atoms with Crippen molar-refractivity contribution in [3.63, 3.8) is 0 Å². The highest BCUT2D eigenvalue weighted by Gasteiger charge is 2.26. The monoisotopic (exact) mass is 193 g/mol. The van der Waals surface area contributed by atoms with Gasteiger partial charge in [0.15, 0.2) is 0 Å². The SMILES string of the molecule is CC(C)(CN)c1ncc(C2CCC2)[nH]1. The molecule has 0 amide bonds. The van der Waals surface area contributed by atoms with Crippen LogP contribution in [0.1, 0.15) is 50.5 Å². The molecule has 14 heavy (non-hydrogen) atoms. The molecule has 0 spiro atoms. The van der Waals surface area contributed by atoms with Crippen LogP contribution in [0.2, 0.25) is 0 Å². The zero-order chi connectivity index (χ0) is 10.2. The van der Waals surface area contributed by atoms with E-state index in [1.165, 1.54) is 25.0 Å². The van der Waals surface area contributed by atoms with Gasteiger partial charge in [0.2, 0.25) is 0 Å². The van der Waals surface area contributed by atoms with Gasteiger partial charge in [0.25, 0.3) is 0 Å². The van der Waals surface area contributed by atoms with E-state index >= 15 is 0 Å². The third-order valence-corrected chi connectivity index (χ3v) is 3.29. The third-order valence-electron chi connectivity index (χ3n) is 3.29. The second-order valence-electron chi connectivity index (χ2n) is 4.90. The molecule has 0 atom stereocenters. The van der Waals surface area contributed by atoms with Gasteiger partial charge in [-0.15, -0.1) is 0 Å². The Morgan fingerprint density at radius 1 is 1.57 bits per heavy atom. The Balaban J connectivity index is 2.16. The van der Waals surface area contributed by atoms with Gasteiger partial charge in [-0.2, -0.15) is 0 Å². The van der Waals surface area contributed by atoms with Crippen LogP contribution in [0.5, 0.6) is 0 Å². The maximum absolute atomic E-state index is 5.71. The van der Waals surface area contributed by atoms with Gasteiger partial charge < -0.3 is 10.7 Å². The summed E-state index contributed by atoms with van der Waals surface area (Å²) in [6.45, 7) is 4.87. The minimum Gasteiger partial charge on any atom is -0.345 e. The number of hydrogen-bond donors (Lipinski definition) is 2. The van der Waals surface area contributed by atoms with Gasteiger partial charge >= 0.3 is 0 Å². The highest BCUT2D eigenvalue weighted by atomic mass is 14.9. The molecular formula is C11H19N3. The average molecular weight is 193 g/mol. The van der Waals surface area contributed by atoms with Gasteiger partial charge in [-0.05, 0) is 12.8 Å². The van der Waals surface area contributed by atoms with Crippen LogP contribution in [0.15, 0.2) is 6.20 Å². The van der Waals surface area contributed by atoms with Crippen molar-refractivity contribution in [2.24, 2.45) is 5.73 Å². The number of nitrogens with one attached hydrogen (secondary N) is 1. The predicted molar refractivity (Wildman–Crippen MR) is 57.3 cm³/mol. The van der Waals surface area contributed by atoms with E-state index in [0.717, 1.165) is 11.7 Å². The molecular weight excluding hydrogens is 174 g/mol. The molecule has 78 valence electrons. The summed E-state index contributed by atoms with van der Waals surface area (Å²) >= 11 is 0. The Labute approximate surface area is 85.1 Å². The Morgan fingerprint density at radius 3 is 2.79 bits per heavy atom. The summed E-state index contributed by atoms with van der Waals surface area (Å²) in [5, 5.41) is 0. The lowest BCUT2D eigenvalue weighted by molar-refractivity contribution is 0.410. The van der Waals surface area contributed by atoms with Crippen LogP contribution in [0.4, 0.5) is 0 Å². The molecule has 0 radical (unpaired) electrons. The summed E-state index contributed by atoms with van der Waals surface area (Å²) < 4.78 is 0. The fourth-order valence-corrected chi connectivity index (χ4v) is 1.70. The molecule has 1 aliphatic rings. The summed E-state index contributed by atoms with van der Waals surface area (Å²) in [6.07, 6.45) is 5.96. The van der Waals surface area contributed by atoms with E-state index in [1.54, 1.807) is 0 Å². The minimum absolute atomic E-state index is 0.0258. The number of aromatic nitrogens is 2. The summed E-state index contributed by atoms with van der Waals surface area (Å²) in [6, 6.07) is 0. The number of nitrogens with zero attached hydrogens (tertiary/aromatic N) is 1. The fourth-order valence-electron chi connectivity index (χ4n) is 1.70. The van der Waals surface area contributed by atoms with Crippen LogP contribution in [0, 0.1) is 0 Å². The van der Waals surface area contributed by atoms with Crippen LogP contribution in [0.3, 0.4) is 0 Å². The van der Waals surface area contributed by atoms with E-state index in [4.69, 9.17) is 5.73 Å². The largest absolute Gasteiger partial charge is 0.345 e. The van der Waals surface area contributed by atoms with Crippen molar-refractivity contribution >= 4 is 0 Å². The summed E-state index contributed by atoms with van der Waals surface area (Å²) in [7, 11) is 0. The molecule has 1 aliphatic carbocycles. The first-order valence-corrected chi connectivity index (χ1v) is 5.39. The zero-order valence-electron chi connectivity index (χ0n) is 9.01. The van der Waals surface area contributed by atoms with Crippen molar-refractivity contribution in [2.45, 2.75) is 44.4 Å². The van der Waals surface area contributed by atoms with Crippen molar-refractivity contribution < 1.29 is 0 Å². The maximum Gasteiger partial charge on any atom is 0.113 e. The van der Waals surface area contributed by atoms with Crippen molar-refractivity contribution in [3.8, 4) is 0 Å². The lowest BCUT2D eigenvalue weighted by Crippen LogP contribution is -2.29. The summed E-state index contributed by atoms with van der Waals surface area (Å²) in [4.78, 5) is 7.84. The maximum atomic E-state index is 5.71. The standard InChI is InChI=1S/C11H19N3/c1-11(2,7-12)10-13-6-9(14-10)8-4-3-5-8/h6,8H,3-5,7,12H2,1-2H3,(H,13,14). The molecule has 3 heteroatoms. The summed E-state index contributed by atoms with van der Waals surface area (Å²) in [5.41, 5.74) is 6.98. The van der Waals surface area contributed by atoms with E-state index in [-0.39, 0.29) is 5.41 Å². The van der Waals surface area contributed by atoms with E-state index < -0.39 is 0 Å². The van der Waals surface area contributed by atoms with E-state index in [0.29, 0.717) is 6.54 Å². The highest BCUT2D eigenvalue weighted by molar-refractivity contribution is 5.15. The summed E-state index contributed by atoms with van der Waals surface area (Å²) in [5.74, 6) is 1.76. The van der Waals surface area contributed by atoms with Gasteiger partial charge in [0.05, 0.1) is 0 Å². The van der Waals surface area contributed by atoms with Crippen LogP contribution in [-0.2, 0) is 5.41 Å². The quantitative estimate of drug-likeness (QED) is 0.770. The van der Waals surface area contributed by atoms with E-state index in [2.05, 4.69) is 23.8 Å². The van der Waals surface area contributed by atoms with Crippen molar-refractivity contribution in [1.82, 2.24) is 9.97 Å². The highest BCUT2D eigenvalue weighted by Crippen LogP contribution is 2.35. The molecule has 0 aliphatic heterocycles. The average Bonchev–Trinajstić information content (AvgIpc) is 2.51. The van der Waals surface area contributed by atoms with Crippen molar-refractivity contribution in [2.75, 3.05) is 6.54 Å². The van der Waals surface area contributed by atoms with E-state index in [1.807, 2.05) is 6.20 Å². The predicted octanol–water partition coefficient (Wildman–Crippen LogP) is 1.91. The Hall–Kier alpha value is -0.830. The lowest BCUT2D eigenvalue weighted by atomic mass is 9.83. The smallest absolute Gasteiger partial charge is 0.113 e. The topological polar surface area (TPSA) is 54.7 Å². The Bertz CT molecular complexity index is 310. The van der Waals surface area contributed by atoms with Crippen molar-refractivity contribution in [3.05, 3.63) is 17.7 Å². The Kier molecular flexibility index (Phi) is 2.35. The molecule has 2 rings (SSSR count). The van der Waals surface area contributed by atoms with Crippen LogP contribution in [0.25, 0.3) is 0 Å². The number of nitrogens with two attached hydrogens (primary N) is 1. The first-order valence-electron chi connectivity index (χ1n) is 5.39. The third kappa shape index (κ3) is 1.57. The molecule has 0 bridgehead atoms. The number of H-pyrrole nitrogens is 1. The van der Waals surface area contributed by atoms with Gasteiger partial charge in [-0.1, -0.05) is 20.3 Å². The molecule has 0 unspecified atom stereocenters. The molecule has 0 aromatic carbocycles. The molecule has 1 fully saturated rings. The molecule has 1 aromatic heterocycles. The van der Waals surface area contributed by atoms with Gasteiger partial charge in [0, 0.05) is 29.8 Å².